The Hall–Kier alpha value is -0.570. The second-order valence-corrected chi connectivity index (χ2v) is 4.60. The summed E-state index contributed by atoms with van der Waals surface area (Å²) < 4.78 is 0. The number of carbonyl (C=O) groups is 1. The summed E-state index contributed by atoms with van der Waals surface area (Å²) in [5.74, 6) is 0.517. The minimum atomic E-state index is 0.195. The number of piperidine rings is 1. The number of hydrogen-bond donors (Lipinski definition) is 1. The number of rotatable bonds is 4. The molecule has 0 aromatic heterocycles. The molecule has 0 aromatic carbocycles. The summed E-state index contributed by atoms with van der Waals surface area (Å²) in [5, 5.41) is 3.38. The van der Waals surface area contributed by atoms with Crippen molar-refractivity contribution < 1.29 is 4.79 Å². The highest BCUT2D eigenvalue weighted by Crippen LogP contribution is 2.18. The summed E-state index contributed by atoms with van der Waals surface area (Å²) >= 11 is 0. The van der Waals surface area contributed by atoms with E-state index < -0.39 is 0 Å². The van der Waals surface area contributed by atoms with Crippen molar-refractivity contribution in [1.82, 2.24) is 10.2 Å². The summed E-state index contributed by atoms with van der Waals surface area (Å²) in [7, 11) is 1.93. The first kappa shape index (κ1) is 12.5. The Labute approximate surface area is 93.2 Å². The molecule has 0 radical (unpaired) electrons. The van der Waals surface area contributed by atoms with Gasteiger partial charge in [-0.3, -0.25) is 4.79 Å². The molecular weight excluding hydrogens is 188 g/mol. The van der Waals surface area contributed by atoms with E-state index in [2.05, 4.69) is 19.2 Å². The molecule has 1 fully saturated rings. The fraction of sp³-hybridized carbons (Fsp3) is 0.917. The Morgan fingerprint density at radius 3 is 2.87 bits per heavy atom. The van der Waals surface area contributed by atoms with Gasteiger partial charge in [0.25, 0.3) is 0 Å². The standard InChI is InChI=1S/C12H24N2O/c1-4-5-9-14(3)12(15)11-7-6-8-13-10(11)2/h10-11,13H,4-9H2,1-3H3. The number of nitrogens with zero attached hydrogens (tertiary/aromatic N) is 1. The van der Waals surface area contributed by atoms with E-state index in [4.69, 9.17) is 0 Å². The maximum Gasteiger partial charge on any atom is 0.226 e. The van der Waals surface area contributed by atoms with Crippen molar-refractivity contribution in [3.63, 3.8) is 0 Å². The summed E-state index contributed by atoms with van der Waals surface area (Å²) in [5.41, 5.74) is 0. The van der Waals surface area contributed by atoms with E-state index in [-0.39, 0.29) is 5.92 Å². The lowest BCUT2D eigenvalue weighted by molar-refractivity contribution is -0.135. The molecular formula is C12H24N2O. The lowest BCUT2D eigenvalue weighted by atomic mass is 9.91. The van der Waals surface area contributed by atoms with Gasteiger partial charge in [0.1, 0.15) is 0 Å². The highest BCUT2D eigenvalue weighted by molar-refractivity contribution is 5.79. The zero-order valence-electron chi connectivity index (χ0n) is 10.3. The molecule has 1 aliphatic heterocycles. The van der Waals surface area contributed by atoms with E-state index in [1.54, 1.807) is 0 Å². The SMILES string of the molecule is CCCCN(C)C(=O)C1CCCNC1C. The van der Waals surface area contributed by atoms with Gasteiger partial charge in [0.05, 0.1) is 5.92 Å². The molecule has 0 saturated carbocycles. The fourth-order valence-electron chi connectivity index (χ4n) is 2.17. The zero-order chi connectivity index (χ0) is 11.3. The Morgan fingerprint density at radius 2 is 2.27 bits per heavy atom. The van der Waals surface area contributed by atoms with E-state index in [1.807, 2.05) is 11.9 Å². The van der Waals surface area contributed by atoms with Gasteiger partial charge < -0.3 is 10.2 Å². The third kappa shape index (κ3) is 3.49. The van der Waals surface area contributed by atoms with Crippen LogP contribution in [0.25, 0.3) is 0 Å². The van der Waals surface area contributed by atoms with Crippen LogP contribution >= 0.6 is 0 Å². The summed E-state index contributed by atoms with van der Waals surface area (Å²) in [4.78, 5) is 14.0. The van der Waals surface area contributed by atoms with E-state index in [0.29, 0.717) is 11.9 Å². The maximum atomic E-state index is 12.1. The van der Waals surface area contributed by atoms with Crippen LogP contribution in [0, 0.1) is 5.92 Å². The highest BCUT2D eigenvalue weighted by atomic mass is 16.2. The van der Waals surface area contributed by atoms with Crippen LogP contribution in [0.15, 0.2) is 0 Å². The molecule has 15 heavy (non-hydrogen) atoms. The molecule has 1 heterocycles. The average molecular weight is 212 g/mol. The summed E-state index contributed by atoms with van der Waals surface area (Å²) in [6, 6.07) is 0.343. The van der Waals surface area contributed by atoms with E-state index in [9.17, 15) is 4.79 Å². The monoisotopic (exact) mass is 212 g/mol. The molecule has 3 nitrogen and oxygen atoms in total. The Balaban J connectivity index is 2.43. The van der Waals surface area contributed by atoms with Gasteiger partial charge in [0.15, 0.2) is 0 Å². The minimum Gasteiger partial charge on any atom is -0.345 e. The van der Waals surface area contributed by atoms with Gasteiger partial charge in [-0.1, -0.05) is 13.3 Å². The van der Waals surface area contributed by atoms with Crippen molar-refractivity contribution in [2.45, 2.75) is 45.6 Å². The molecule has 2 unspecified atom stereocenters. The normalized spacial score (nSPS) is 26.3. The van der Waals surface area contributed by atoms with Crippen molar-refractivity contribution in [2.75, 3.05) is 20.1 Å². The van der Waals surface area contributed by atoms with Crippen LogP contribution in [-0.2, 0) is 4.79 Å². The Morgan fingerprint density at radius 1 is 1.53 bits per heavy atom. The van der Waals surface area contributed by atoms with Crippen LogP contribution in [0.2, 0.25) is 0 Å². The molecule has 0 bridgehead atoms. The van der Waals surface area contributed by atoms with Crippen LogP contribution in [0.4, 0.5) is 0 Å². The van der Waals surface area contributed by atoms with Gasteiger partial charge in [0, 0.05) is 19.6 Å². The van der Waals surface area contributed by atoms with Crippen LogP contribution < -0.4 is 5.32 Å². The largest absolute Gasteiger partial charge is 0.345 e. The van der Waals surface area contributed by atoms with Crippen LogP contribution in [-0.4, -0.2) is 37.0 Å². The summed E-state index contributed by atoms with van der Waals surface area (Å²) in [6.45, 7) is 6.24. The van der Waals surface area contributed by atoms with E-state index in [1.165, 1.54) is 0 Å². The average Bonchev–Trinajstić information content (AvgIpc) is 2.25. The minimum absolute atomic E-state index is 0.195. The Kier molecular flexibility index (Phi) is 5.09. The third-order valence-electron chi connectivity index (χ3n) is 3.30. The zero-order valence-corrected chi connectivity index (χ0v) is 10.3. The molecule has 1 aliphatic rings. The molecule has 88 valence electrons. The van der Waals surface area contributed by atoms with Crippen molar-refractivity contribution in [2.24, 2.45) is 5.92 Å². The van der Waals surface area contributed by atoms with Crippen molar-refractivity contribution in [3.05, 3.63) is 0 Å². The molecule has 1 saturated heterocycles. The van der Waals surface area contributed by atoms with Crippen molar-refractivity contribution in [3.8, 4) is 0 Å². The van der Waals surface area contributed by atoms with Crippen molar-refractivity contribution >= 4 is 5.91 Å². The fourth-order valence-corrected chi connectivity index (χ4v) is 2.17. The van der Waals surface area contributed by atoms with Crippen LogP contribution in [0.1, 0.15) is 39.5 Å². The Bertz CT molecular complexity index is 206. The topological polar surface area (TPSA) is 32.3 Å². The van der Waals surface area contributed by atoms with Gasteiger partial charge >= 0.3 is 0 Å². The molecule has 1 N–H and O–H groups in total. The quantitative estimate of drug-likeness (QED) is 0.768. The van der Waals surface area contributed by atoms with Gasteiger partial charge in [-0.25, -0.2) is 0 Å². The first-order chi connectivity index (χ1) is 7.16. The molecule has 0 spiro atoms. The van der Waals surface area contributed by atoms with Gasteiger partial charge in [-0.2, -0.15) is 0 Å². The van der Waals surface area contributed by atoms with Crippen LogP contribution in [0.3, 0.4) is 0 Å². The highest BCUT2D eigenvalue weighted by Gasteiger charge is 2.29. The molecule has 3 heteroatoms. The number of hydrogen-bond acceptors (Lipinski definition) is 2. The second kappa shape index (κ2) is 6.11. The van der Waals surface area contributed by atoms with E-state index >= 15 is 0 Å². The van der Waals surface area contributed by atoms with Gasteiger partial charge in [-0.05, 0) is 32.7 Å². The van der Waals surface area contributed by atoms with Gasteiger partial charge in [-0.15, -0.1) is 0 Å². The van der Waals surface area contributed by atoms with E-state index in [0.717, 1.165) is 38.8 Å². The number of unbranched alkanes of at least 4 members (excludes halogenated alkanes) is 1. The predicted molar refractivity (Wildman–Crippen MR) is 62.7 cm³/mol. The molecule has 0 aliphatic carbocycles. The number of carbonyl (C=O) groups excluding carboxylic acids is 1. The number of amides is 1. The first-order valence-corrected chi connectivity index (χ1v) is 6.15. The van der Waals surface area contributed by atoms with Gasteiger partial charge in [0.2, 0.25) is 5.91 Å². The molecule has 1 rings (SSSR count). The molecule has 2 atom stereocenters. The lowest BCUT2D eigenvalue weighted by Gasteiger charge is -2.32. The molecule has 0 aromatic rings. The third-order valence-corrected chi connectivity index (χ3v) is 3.30. The predicted octanol–water partition coefficient (Wildman–Crippen LogP) is 1.63. The number of nitrogens with one attached hydrogen (secondary N) is 1. The molecule has 1 amide bonds. The smallest absolute Gasteiger partial charge is 0.226 e. The second-order valence-electron chi connectivity index (χ2n) is 4.60. The lowest BCUT2D eigenvalue weighted by Crippen LogP contribution is -2.47. The maximum absolute atomic E-state index is 12.1. The first-order valence-electron chi connectivity index (χ1n) is 6.15. The van der Waals surface area contributed by atoms with Crippen LogP contribution in [0.5, 0.6) is 0 Å². The summed E-state index contributed by atoms with van der Waals surface area (Å²) in [6.07, 6.45) is 4.43. The van der Waals surface area contributed by atoms with Crippen molar-refractivity contribution in [1.29, 1.82) is 0 Å².